The average Bonchev–Trinajstić information content (AvgIpc) is 2.74. The molecule has 96 valence electrons. The summed E-state index contributed by atoms with van der Waals surface area (Å²) in [5.41, 5.74) is 0.886. The number of carboxylic acid groups (broad SMARTS) is 1. The van der Waals surface area contributed by atoms with Gasteiger partial charge in [0.05, 0.1) is 6.54 Å². The van der Waals surface area contributed by atoms with E-state index in [-0.39, 0.29) is 5.56 Å². The van der Waals surface area contributed by atoms with Gasteiger partial charge in [0.2, 0.25) is 0 Å². The SMILES string of the molecule is CCC(C)NCc1oc2ccccc2c1C(=O)O. The molecule has 1 atom stereocenters. The largest absolute Gasteiger partial charge is 0.478 e. The molecule has 2 rings (SSSR count). The average molecular weight is 247 g/mol. The molecular weight excluding hydrogens is 230 g/mol. The van der Waals surface area contributed by atoms with Crippen molar-refractivity contribution in [2.24, 2.45) is 0 Å². The maximum Gasteiger partial charge on any atom is 0.339 e. The minimum atomic E-state index is -0.944. The smallest absolute Gasteiger partial charge is 0.339 e. The fraction of sp³-hybridized carbons (Fsp3) is 0.357. The number of benzene rings is 1. The van der Waals surface area contributed by atoms with Gasteiger partial charge in [-0.25, -0.2) is 4.79 Å². The number of aromatic carboxylic acids is 1. The molecule has 18 heavy (non-hydrogen) atoms. The zero-order valence-electron chi connectivity index (χ0n) is 10.6. The predicted molar refractivity (Wildman–Crippen MR) is 69.8 cm³/mol. The van der Waals surface area contributed by atoms with Gasteiger partial charge in [-0.1, -0.05) is 25.1 Å². The minimum Gasteiger partial charge on any atom is -0.478 e. The molecule has 2 N–H and O–H groups in total. The van der Waals surface area contributed by atoms with Crippen LogP contribution in [0.25, 0.3) is 11.0 Å². The van der Waals surface area contributed by atoms with Gasteiger partial charge in [-0.05, 0) is 19.4 Å². The summed E-state index contributed by atoms with van der Waals surface area (Å²) >= 11 is 0. The molecule has 0 amide bonds. The van der Waals surface area contributed by atoms with E-state index in [1.165, 1.54) is 0 Å². The summed E-state index contributed by atoms with van der Waals surface area (Å²) < 4.78 is 5.61. The van der Waals surface area contributed by atoms with E-state index >= 15 is 0 Å². The van der Waals surface area contributed by atoms with Gasteiger partial charge in [0, 0.05) is 11.4 Å². The van der Waals surface area contributed by atoms with Crippen LogP contribution in [0.15, 0.2) is 28.7 Å². The summed E-state index contributed by atoms with van der Waals surface area (Å²) in [4.78, 5) is 11.3. The molecule has 0 saturated heterocycles. The molecular formula is C14H17NO3. The lowest BCUT2D eigenvalue weighted by atomic mass is 10.1. The number of hydrogen-bond donors (Lipinski definition) is 2. The van der Waals surface area contributed by atoms with Gasteiger partial charge in [-0.15, -0.1) is 0 Å². The molecule has 1 aromatic carbocycles. The van der Waals surface area contributed by atoms with Crippen LogP contribution in [0.5, 0.6) is 0 Å². The van der Waals surface area contributed by atoms with Crippen LogP contribution in [0.3, 0.4) is 0 Å². The molecule has 0 fully saturated rings. The van der Waals surface area contributed by atoms with Crippen molar-refractivity contribution in [2.45, 2.75) is 32.9 Å². The lowest BCUT2D eigenvalue weighted by Crippen LogP contribution is -2.25. The Labute approximate surface area is 106 Å². The van der Waals surface area contributed by atoms with Crippen molar-refractivity contribution in [2.75, 3.05) is 0 Å². The Kier molecular flexibility index (Phi) is 3.67. The molecule has 0 aliphatic carbocycles. The first-order valence-electron chi connectivity index (χ1n) is 6.10. The topological polar surface area (TPSA) is 62.5 Å². The number of hydrogen-bond acceptors (Lipinski definition) is 3. The molecule has 0 saturated carbocycles. The molecule has 0 aliphatic rings. The third-order valence-electron chi connectivity index (χ3n) is 3.11. The first-order chi connectivity index (χ1) is 8.63. The first kappa shape index (κ1) is 12.6. The highest BCUT2D eigenvalue weighted by molar-refractivity contribution is 6.03. The summed E-state index contributed by atoms with van der Waals surface area (Å²) in [6.07, 6.45) is 0.989. The fourth-order valence-corrected chi connectivity index (χ4v) is 1.87. The van der Waals surface area contributed by atoms with Crippen LogP contribution in [-0.2, 0) is 6.54 Å². The summed E-state index contributed by atoms with van der Waals surface area (Å²) in [6, 6.07) is 7.54. The third-order valence-corrected chi connectivity index (χ3v) is 3.11. The number of carboxylic acids is 1. The number of fused-ring (bicyclic) bond motifs is 1. The van der Waals surface area contributed by atoms with Crippen molar-refractivity contribution in [1.82, 2.24) is 5.32 Å². The van der Waals surface area contributed by atoms with Crippen molar-refractivity contribution in [3.8, 4) is 0 Å². The van der Waals surface area contributed by atoms with Crippen molar-refractivity contribution in [1.29, 1.82) is 0 Å². The van der Waals surface area contributed by atoms with E-state index < -0.39 is 5.97 Å². The molecule has 0 spiro atoms. The third kappa shape index (κ3) is 2.38. The maximum absolute atomic E-state index is 11.3. The summed E-state index contributed by atoms with van der Waals surface area (Å²) in [5.74, 6) is -0.454. The van der Waals surface area contributed by atoms with Crippen LogP contribution in [-0.4, -0.2) is 17.1 Å². The van der Waals surface area contributed by atoms with Crippen molar-refractivity contribution >= 4 is 16.9 Å². The standard InChI is InChI=1S/C14H17NO3/c1-3-9(2)15-8-12-13(14(16)17)10-6-4-5-7-11(10)18-12/h4-7,9,15H,3,8H2,1-2H3,(H,16,17). The zero-order valence-corrected chi connectivity index (χ0v) is 10.6. The van der Waals surface area contributed by atoms with E-state index in [9.17, 15) is 9.90 Å². The van der Waals surface area contributed by atoms with Crippen LogP contribution in [0.4, 0.5) is 0 Å². The molecule has 0 bridgehead atoms. The van der Waals surface area contributed by atoms with Crippen LogP contribution < -0.4 is 5.32 Å². The molecule has 1 heterocycles. The minimum absolute atomic E-state index is 0.265. The highest BCUT2D eigenvalue weighted by Gasteiger charge is 2.19. The Morgan fingerprint density at radius 2 is 2.17 bits per heavy atom. The zero-order chi connectivity index (χ0) is 13.1. The number of para-hydroxylation sites is 1. The summed E-state index contributed by atoms with van der Waals surface area (Å²) in [5, 5.41) is 13.2. The Bertz CT molecular complexity index is 559. The Hall–Kier alpha value is -1.81. The lowest BCUT2D eigenvalue weighted by Gasteiger charge is -2.09. The van der Waals surface area contributed by atoms with Crippen molar-refractivity contribution < 1.29 is 14.3 Å². The fourth-order valence-electron chi connectivity index (χ4n) is 1.87. The Morgan fingerprint density at radius 1 is 1.44 bits per heavy atom. The number of furan rings is 1. The second kappa shape index (κ2) is 5.23. The first-order valence-corrected chi connectivity index (χ1v) is 6.10. The Balaban J connectivity index is 2.37. The summed E-state index contributed by atoms with van der Waals surface area (Å²) in [7, 11) is 0. The normalized spacial score (nSPS) is 12.8. The van der Waals surface area contributed by atoms with Crippen LogP contribution in [0.2, 0.25) is 0 Å². The van der Waals surface area contributed by atoms with E-state index in [1.807, 2.05) is 12.1 Å². The molecule has 2 aromatic rings. The maximum atomic E-state index is 11.3. The molecule has 0 aliphatic heterocycles. The van der Waals surface area contributed by atoms with Crippen LogP contribution in [0, 0.1) is 0 Å². The van der Waals surface area contributed by atoms with Gasteiger partial charge < -0.3 is 14.8 Å². The number of rotatable bonds is 5. The quantitative estimate of drug-likeness (QED) is 0.852. The van der Waals surface area contributed by atoms with Crippen LogP contribution >= 0.6 is 0 Å². The summed E-state index contributed by atoms with van der Waals surface area (Å²) in [6.45, 7) is 4.57. The van der Waals surface area contributed by atoms with Gasteiger partial charge in [0.15, 0.2) is 0 Å². The van der Waals surface area contributed by atoms with Gasteiger partial charge >= 0.3 is 5.97 Å². The second-order valence-electron chi connectivity index (χ2n) is 4.39. The monoisotopic (exact) mass is 247 g/mol. The van der Waals surface area contributed by atoms with Crippen molar-refractivity contribution in [3.63, 3.8) is 0 Å². The van der Waals surface area contributed by atoms with E-state index in [4.69, 9.17) is 4.42 Å². The van der Waals surface area contributed by atoms with Crippen molar-refractivity contribution in [3.05, 3.63) is 35.6 Å². The van der Waals surface area contributed by atoms with E-state index in [0.29, 0.717) is 29.3 Å². The second-order valence-corrected chi connectivity index (χ2v) is 4.39. The van der Waals surface area contributed by atoms with Gasteiger partial charge in [0.25, 0.3) is 0 Å². The highest BCUT2D eigenvalue weighted by Crippen LogP contribution is 2.25. The lowest BCUT2D eigenvalue weighted by molar-refractivity contribution is 0.0696. The predicted octanol–water partition coefficient (Wildman–Crippen LogP) is 3.02. The molecule has 1 aromatic heterocycles. The molecule has 4 nitrogen and oxygen atoms in total. The molecule has 1 unspecified atom stereocenters. The van der Waals surface area contributed by atoms with E-state index in [2.05, 4.69) is 19.2 Å². The Morgan fingerprint density at radius 3 is 2.83 bits per heavy atom. The van der Waals surface area contributed by atoms with Gasteiger partial charge in [0.1, 0.15) is 16.9 Å². The highest BCUT2D eigenvalue weighted by atomic mass is 16.4. The van der Waals surface area contributed by atoms with Crippen LogP contribution in [0.1, 0.15) is 36.4 Å². The van der Waals surface area contributed by atoms with Gasteiger partial charge in [-0.3, -0.25) is 0 Å². The van der Waals surface area contributed by atoms with Gasteiger partial charge in [-0.2, -0.15) is 0 Å². The van der Waals surface area contributed by atoms with E-state index in [1.54, 1.807) is 12.1 Å². The van der Waals surface area contributed by atoms with E-state index in [0.717, 1.165) is 6.42 Å². The molecule has 4 heteroatoms. The molecule has 0 radical (unpaired) electrons. The number of nitrogens with one attached hydrogen (secondary N) is 1. The number of carbonyl (C=O) groups is 1.